The van der Waals surface area contributed by atoms with E-state index in [4.69, 9.17) is 35.4 Å². The van der Waals surface area contributed by atoms with Crippen LogP contribution < -0.4 is 10.2 Å². The summed E-state index contributed by atoms with van der Waals surface area (Å²) < 4.78 is 0. The van der Waals surface area contributed by atoms with Crippen LogP contribution in [0.2, 0.25) is 10.0 Å². The van der Waals surface area contributed by atoms with Gasteiger partial charge in [0.15, 0.2) is 5.11 Å². The predicted octanol–water partition coefficient (Wildman–Crippen LogP) is 5.52. The van der Waals surface area contributed by atoms with Crippen molar-refractivity contribution in [1.29, 1.82) is 0 Å². The van der Waals surface area contributed by atoms with E-state index in [1.165, 1.54) is 4.90 Å². The topological polar surface area (TPSA) is 52.7 Å². The van der Waals surface area contributed by atoms with Crippen LogP contribution in [0.4, 0.5) is 11.4 Å². The van der Waals surface area contributed by atoms with Gasteiger partial charge in [0.25, 0.3) is 5.91 Å². The Labute approximate surface area is 201 Å². The van der Waals surface area contributed by atoms with E-state index >= 15 is 0 Å². The lowest BCUT2D eigenvalue weighted by Gasteiger charge is -2.24. The molecule has 3 aromatic rings. The van der Waals surface area contributed by atoms with Crippen molar-refractivity contribution in [2.45, 2.75) is 19.0 Å². The van der Waals surface area contributed by atoms with Gasteiger partial charge >= 0.3 is 0 Å². The van der Waals surface area contributed by atoms with Crippen molar-refractivity contribution in [3.63, 3.8) is 0 Å². The molecule has 0 radical (unpaired) electrons. The molecule has 162 valence electrons. The summed E-state index contributed by atoms with van der Waals surface area (Å²) in [5, 5.41) is 4.38. The fraction of sp³-hybridized carbons (Fsp3) is 0.125. The first-order chi connectivity index (χ1) is 15.4. The number of rotatable bonds is 6. The minimum absolute atomic E-state index is 0.0431. The molecular formula is C24H19Cl2N3O2S. The summed E-state index contributed by atoms with van der Waals surface area (Å²) in [6, 6.07) is 22.6. The monoisotopic (exact) mass is 483 g/mol. The van der Waals surface area contributed by atoms with Gasteiger partial charge in [-0.05, 0) is 66.3 Å². The molecule has 1 aliphatic heterocycles. The molecular weight excluding hydrogens is 465 g/mol. The molecule has 0 aliphatic carbocycles. The van der Waals surface area contributed by atoms with Crippen LogP contribution in [-0.2, 0) is 16.1 Å². The molecule has 8 heteroatoms. The zero-order valence-corrected chi connectivity index (χ0v) is 19.2. The van der Waals surface area contributed by atoms with Crippen molar-refractivity contribution in [2.24, 2.45) is 0 Å². The summed E-state index contributed by atoms with van der Waals surface area (Å²) in [7, 11) is 0. The molecule has 5 nitrogen and oxygen atoms in total. The van der Waals surface area contributed by atoms with Gasteiger partial charge in [0.1, 0.15) is 6.04 Å². The summed E-state index contributed by atoms with van der Waals surface area (Å²) in [6.07, 6.45) is -0.0431. The third-order valence-corrected chi connectivity index (χ3v) is 6.03. The molecule has 3 aromatic carbocycles. The molecule has 1 aliphatic rings. The normalized spacial score (nSPS) is 15.9. The lowest BCUT2D eigenvalue weighted by atomic mass is 10.1. The summed E-state index contributed by atoms with van der Waals surface area (Å²) in [5.41, 5.74) is 2.21. The van der Waals surface area contributed by atoms with Crippen LogP contribution in [0, 0.1) is 0 Å². The second-order valence-corrected chi connectivity index (χ2v) is 8.56. The molecule has 2 amide bonds. The predicted molar refractivity (Wildman–Crippen MR) is 132 cm³/mol. The van der Waals surface area contributed by atoms with E-state index in [1.54, 1.807) is 41.3 Å². The molecule has 1 atom stereocenters. The van der Waals surface area contributed by atoms with Crippen LogP contribution in [0.3, 0.4) is 0 Å². The zero-order chi connectivity index (χ0) is 22.7. The van der Waals surface area contributed by atoms with Crippen LogP contribution in [0.1, 0.15) is 12.0 Å². The molecule has 4 rings (SSSR count). The van der Waals surface area contributed by atoms with Crippen LogP contribution in [0.15, 0.2) is 78.9 Å². The maximum absolute atomic E-state index is 13.4. The van der Waals surface area contributed by atoms with Gasteiger partial charge in [0.2, 0.25) is 5.91 Å². The molecule has 1 fully saturated rings. The van der Waals surface area contributed by atoms with Crippen LogP contribution in [-0.4, -0.2) is 27.9 Å². The van der Waals surface area contributed by atoms with E-state index in [9.17, 15) is 9.59 Å². The highest BCUT2D eigenvalue weighted by molar-refractivity contribution is 7.80. The van der Waals surface area contributed by atoms with Crippen molar-refractivity contribution in [1.82, 2.24) is 4.90 Å². The van der Waals surface area contributed by atoms with Crippen molar-refractivity contribution >= 4 is 63.7 Å². The Bertz CT molecular complexity index is 1140. The van der Waals surface area contributed by atoms with Crippen LogP contribution in [0.5, 0.6) is 0 Å². The van der Waals surface area contributed by atoms with Crippen molar-refractivity contribution in [2.75, 3.05) is 10.2 Å². The molecule has 1 saturated heterocycles. The summed E-state index contributed by atoms with van der Waals surface area (Å²) in [6.45, 7) is 0.379. The van der Waals surface area contributed by atoms with Gasteiger partial charge in [-0.25, -0.2) is 0 Å². The fourth-order valence-corrected chi connectivity index (χ4v) is 4.17. The number of para-hydroxylation sites is 1. The molecule has 0 bridgehead atoms. The van der Waals surface area contributed by atoms with E-state index in [0.717, 1.165) is 5.56 Å². The van der Waals surface area contributed by atoms with E-state index < -0.39 is 6.04 Å². The summed E-state index contributed by atoms with van der Waals surface area (Å²) >= 11 is 17.6. The smallest absolute Gasteiger partial charge is 0.256 e. The summed E-state index contributed by atoms with van der Waals surface area (Å²) in [4.78, 5) is 29.4. The minimum Gasteiger partial charge on any atom is -0.332 e. The third kappa shape index (κ3) is 4.93. The first-order valence-electron chi connectivity index (χ1n) is 9.92. The standard InChI is InChI=1S/C24H19Cl2N3O2S/c25-17-8-6-16(7-9-17)15-28-21(14-22(30)27-19-12-10-18(26)11-13-19)23(31)29(24(28)32)20-4-2-1-3-5-20/h1-13,21H,14-15H2,(H,27,30). The van der Waals surface area contributed by atoms with Gasteiger partial charge < -0.3 is 10.2 Å². The first-order valence-corrected chi connectivity index (χ1v) is 11.1. The zero-order valence-electron chi connectivity index (χ0n) is 16.9. The number of anilines is 2. The number of thiocarbonyl (C=S) groups is 1. The Morgan fingerprint density at radius 3 is 2.12 bits per heavy atom. The Kier molecular flexibility index (Phi) is 6.74. The average Bonchev–Trinajstić information content (AvgIpc) is 3.01. The molecule has 1 unspecified atom stereocenters. The highest BCUT2D eigenvalue weighted by Gasteiger charge is 2.44. The van der Waals surface area contributed by atoms with Gasteiger partial charge in [-0.2, -0.15) is 0 Å². The Morgan fingerprint density at radius 2 is 1.50 bits per heavy atom. The van der Waals surface area contributed by atoms with Crippen LogP contribution in [0.25, 0.3) is 0 Å². The Hall–Kier alpha value is -2.93. The van der Waals surface area contributed by atoms with E-state index in [2.05, 4.69) is 5.32 Å². The number of carbonyl (C=O) groups excluding carboxylic acids is 2. The first kappa shape index (κ1) is 22.3. The molecule has 1 N–H and O–H groups in total. The molecule has 1 heterocycles. The Morgan fingerprint density at radius 1 is 0.906 bits per heavy atom. The van der Waals surface area contributed by atoms with E-state index in [0.29, 0.717) is 33.1 Å². The second-order valence-electron chi connectivity index (χ2n) is 7.32. The largest absolute Gasteiger partial charge is 0.332 e. The lowest BCUT2D eigenvalue weighted by molar-refractivity contribution is -0.124. The summed E-state index contributed by atoms with van der Waals surface area (Å²) in [5.74, 6) is -0.522. The maximum atomic E-state index is 13.4. The van der Waals surface area contributed by atoms with Gasteiger partial charge in [-0.15, -0.1) is 0 Å². The quantitative estimate of drug-likeness (QED) is 0.468. The molecule has 0 spiro atoms. The van der Waals surface area contributed by atoms with Crippen molar-refractivity contribution in [3.8, 4) is 0 Å². The van der Waals surface area contributed by atoms with Gasteiger partial charge in [-0.3, -0.25) is 14.5 Å². The number of hydrogen-bond acceptors (Lipinski definition) is 3. The molecule has 32 heavy (non-hydrogen) atoms. The van der Waals surface area contributed by atoms with Gasteiger partial charge in [-0.1, -0.05) is 53.5 Å². The average molecular weight is 484 g/mol. The van der Waals surface area contributed by atoms with E-state index in [1.807, 2.05) is 42.5 Å². The highest BCUT2D eigenvalue weighted by Crippen LogP contribution is 2.29. The number of halogens is 2. The maximum Gasteiger partial charge on any atom is 0.256 e. The lowest BCUT2D eigenvalue weighted by Crippen LogP contribution is -2.37. The number of nitrogens with zero attached hydrogens (tertiary/aromatic N) is 2. The fourth-order valence-electron chi connectivity index (χ4n) is 3.54. The second kappa shape index (κ2) is 9.69. The Balaban J connectivity index is 1.58. The van der Waals surface area contributed by atoms with Crippen LogP contribution >= 0.6 is 35.4 Å². The van der Waals surface area contributed by atoms with Gasteiger partial charge in [0.05, 0.1) is 12.1 Å². The van der Waals surface area contributed by atoms with E-state index in [-0.39, 0.29) is 18.2 Å². The van der Waals surface area contributed by atoms with Crippen molar-refractivity contribution in [3.05, 3.63) is 94.5 Å². The third-order valence-electron chi connectivity index (χ3n) is 5.11. The minimum atomic E-state index is -0.731. The molecule has 0 saturated carbocycles. The number of hydrogen-bond donors (Lipinski definition) is 1. The van der Waals surface area contributed by atoms with Crippen molar-refractivity contribution < 1.29 is 9.59 Å². The highest BCUT2D eigenvalue weighted by atomic mass is 35.5. The number of benzene rings is 3. The SMILES string of the molecule is O=C(CC1C(=O)N(c2ccccc2)C(=S)N1Cc1ccc(Cl)cc1)Nc1ccc(Cl)cc1. The number of amides is 2. The number of carbonyl (C=O) groups is 2. The number of nitrogens with one attached hydrogen (secondary N) is 1. The molecule has 0 aromatic heterocycles. The van der Waals surface area contributed by atoms with Gasteiger partial charge in [0, 0.05) is 22.3 Å².